The van der Waals surface area contributed by atoms with Gasteiger partial charge in [0.15, 0.2) is 15.8 Å². The van der Waals surface area contributed by atoms with Crippen molar-refractivity contribution in [1.82, 2.24) is 10.2 Å². The highest BCUT2D eigenvalue weighted by Gasteiger charge is 2.48. The highest BCUT2D eigenvalue weighted by Crippen LogP contribution is 2.45. The molecule has 214 valence electrons. The summed E-state index contributed by atoms with van der Waals surface area (Å²) in [5.74, 6) is 0.185. The summed E-state index contributed by atoms with van der Waals surface area (Å²) in [6.45, 7) is 7.05. The Hall–Kier alpha value is -4.15. The maximum atomic E-state index is 13.6. The standard InChI is InChI=1S/C32H29N3O5S2/c1-18(2)21-8-10-22(11-9-21)27-26(28(36)23-12-13-24-25(16-23)40-15-14-39-24)29(37)30(38)35(27)31-33-34-32(42-31)41-17-20-6-4-19(3)5-7-20/h4-13,16,18,27,36H,14-15,17H2,1-3H3/b28-26+. The lowest BCUT2D eigenvalue weighted by atomic mass is 9.93. The lowest BCUT2D eigenvalue weighted by molar-refractivity contribution is -0.132. The summed E-state index contributed by atoms with van der Waals surface area (Å²) in [6.07, 6.45) is 0. The van der Waals surface area contributed by atoms with Gasteiger partial charge in [-0.15, -0.1) is 10.2 Å². The number of Topliss-reactive ketones (excluding diaryl/α,β-unsaturated/α-hetero) is 1. The van der Waals surface area contributed by atoms with E-state index in [4.69, 9.17) is 9.47 Å². The minimum Gasteiger partial charge on any atom is -0.507 e. The topological polar surface area (TPSA) is 102 Å². The number of nitrogens with zero attached hydrogens (tertiary/aromatic N) is 3. The molecule has 1 amide bonds. The second-order valence-electron chi connectivity index (χ2n) is 10.5. The van der Waals surface area contributed by atoms with E-state index in [1.165, 1.54) is 33.6 Å². The van der Waals surface area contributed by atoms with E-state index in [2.05, 4.69) is 48.3 Å². The number of hydrogen-bond acceptors (Lipinski definition) is 9. The maximum absolute atomic E-state index is 13.6. The fourth-order valence-corrected chi connectivity index (χ4v) is 6.77. The van der Waals surface area contributed by atoms with Crippen LogP contribution in [0.1, 0.15) is 53.6 Å². The molecule has 1 aromatic heterocycles. The van der Waals surface area contributed by atoms with Gasteiger partial charge in [-0.05, 0) is 47.7 Å². The lowest BCUT2D eigenvalue weighted by Gasteiger charge is -2.23. The number of amides is 1. The fourth-order valence-electron chi connectivity index (χ4n) is 4.94. The van der Waals surface area contributed by atoms with Crippen LogP contribution in [0.5, 0.6) is 11.5 Å². The third-order valence-electron chi connectivity index (χ3n) is 7.26. The van der Waals surface area contributed by atoms with Crippen molar-refractivity contribution in [2.24, 2.45) is 0 Å². The van der Waals surface area contributed by atoms with Crippen LogP contribution in [-0.4, -0.2) is 40.2 Å². The number of carbonyl (C=O) groups is 2. The van der Waals surface area contributed by atoms with Gasteiger partial charge in [-0.1, -0.05) is 91.0 Å². The molecular formula is C32H29N3O5S2. The SMILES string of the molecule is Cc1ccc(CSc2nnc(N3C(=O)C(=O)/C(=C(/O)c4ccc5c(c4)OCCO5)C3c3ccc(C(C)C)cc3)s2)cc1. The molecule has 1 saturated heterocycles. The number of thioether (sulfide) groups is 1. The third kappa shape index (κ3) is 5.39. The first-order valence-corrected chi connectivity index (χ1v) is 15.4. The predicted octanol–water partition coefficient (Wildman–Crippen LogP) is 6.66. The summed E-state index contributed by atoms with van der Waals surface area (Å²) >= 11 is 2.76. The lowest BCUT2D eigenvalue weighted by Crippen LogP contribution is -2.29. The normalized spacial score (nSPS) is 17.7. The molecule has 3 aromatic carbocycles. The number of rotatable bonds is 7. The number of benzene rings is 3. The van der Waals surface area contributed by atoms with E-state index >= 15 is 0 Å². The first kappa shape index (κ1) is 28.0. The number of hydrogen-bond donors (Lipinski definition) is 1. The molecule has 1 fully saturated rings. The van der Waals surface area contributed by atoms with Crippen molar-refractivity contribution in [3.63, 3.8) is 0 Å². The van der Waals surface area contributed by atoms with E-state index in [1.807, 2.05) is 31.2 Å². The van der Waals surface area contributed by atoms with Crippen molar-refractivity contribution in [2.75, 3.05) is 18.1 Å². The fraction of sp³-hybridized carbons (Fsp3) is 0.250. The van der Waals surface area contributed by atoms with Crippen molar-refractivity contribution >= 4 is 45.7 Å². The molecule has 10 heteroatoms. The molecule has 2 aliphatic heterocycles. The summed E-state index contributed by atoms with van der Waals surface area (Å²) < 4.78 is 12.0. The number of aliphatic hydroxyl groups excluding tert-OH is 1. The Morgan fingerprint density at radius 2 is 1.71 bits per heavy atom. The zero-order valence-electron chi connectivity index (χ0n) is 23.4. The minimum absolute atomic E-state index is 0.0157. The third-order valence-corrected chi connectivity index (χ3v) is 9.39. The van der Waals surface area contributed by atoms with Gasteiger partial charge in [-0.3, -0.25) is 14.5 Å². The van der Waals surface area contributed by atoms with Crippen LogP contribution < -0.4 is 14.4 Å². The molecule has 0 spiro atoms. The Labute approximate surface area is 252 Å². The molecule has 0 radical (unpaired) electrons. The quantitative estimate of drug-likeness (QED) is 0.0828. The zero-order valence-corrected chi connectivity index (χ0v) is 25.0. The van der Waals surface area contributed by atoms with Gasteiger partial charge in [0.05, 0.1) is 11.6 Å². The van der Waals surface area contributed by atoms with E-state index in [0.717, 1.165) is 11.1 Å². The van der Waals surface area contributed by atoms with E-state index in [0.29, 0.717) is 57.0 Å². The highest BCUT2D eigenvalue weighted by atomic mass is 32.2. The number of carbonyl (C=O) groups excluding carboxylic acids is 2. The smallest absolute Gasteiger partial charge is 0.301 e. The Bertz CT molecular complexity index is 1680. The maximum Gasteiger partial charge on any atom is 0.301 e. The van der Waals surface area contributed by atoms with Gasteiger partial charge in [0.25, 0.3) is 5.78 Å². The number of ketones is 1. The second-order valence-corrected chi connectivity index (χ2v) is 12.7. The van der Waals surface area contributed by atoms with Crippen LogP contribution >= 0.6 is 23.1 Å². The Morgan fingerprint density at radius 3 is 2.43 bits per heavy atom. The summed E-state index contributed by atoms with van der Waals surface area (Å²) in [4.78, 5) is 28.5. The molecule has 2 aliphatic rings. The van der Waals surface area contributed by atoms with Crippen LogP contribution in [0.25, 0.3) is 5.76 Å². The molecule has 8 nitrogen and oxygen atoms in total. The van der Waals surface area contributed by atoms with Gasteiger partial charge in [0.2, 0.25) is 5.13 Å². The molecule has 1 N–H and O–H groups in total. The van der Waals surface area contributed by atoms with Gasteiger partial charge < -0.3 is 14.6 Å². The van der Waals surface area contributed by atoms with Crippen LogP contribution in [0, 0.1) is 6.92 Å². The van der Waals surface area contributed by atoms with Crippen molar-refractivity contribution in [3.05, 3.63) is 100 Å². The second kappa shape index (κ2) is 11.6. The van der Waals surface area contributed by atoms with Gasteiger partial charge in [0, 0.05) is 11.3 Å². The Kier molecular flexibility index (Phi) is 7.74. The molecule has 0 aliphatic carbocycles. The minimum atomic E-state index is -0.887. The first-order chi connectivity index (χ1) is 20.3. The van der Waals surface area contributed by atoms with Crippen molar-refractivity contribution in [2.45, 2.75) is 42.8 Å². The first-order valence-electron chi connectivity index (χ1n) is 13.6. The number of aromatic nitrogens is 2. The number of aliphatic hydroxyl groups is 1. The van der Waals surface area contributed by atoms with E-state index in [1.54, 1.807) is 18.2 Å². The van der Waals surface area contributed by atoms with Crippen molar-refractivity contribution in [1.29, 1.82) is 0 Å². The molecule has 0 bridgehead atoms. The van der Waals surface area contributed by atoms with Gasteiger partial charge >= 0.3 is 5.91 Å². The summed E-state index contributed by atoms with van der Waals surface area (Å²) in [5.41, 5.74) is 4.48. The monoisotopic (exact) mass is 599 g/mol. The van der Waals surface area contributed by atoms with Gasteiger partial charge in [-0.25, -0.2) is 0 Å². The number of aryl methyl sites for hydroxylation is 1. The largest absolute Gasteiger partial charge is 0.507 e. The van der Waals surface area contributed by atoms with Gasteiger partial charge in [0.1, 0.15) is 19.0 Å². The number of ether oxygens (including phenoxy) is 2. The highest BCUT2D eigenvalue weighted by molar-refractivity contribution is 8.00. The van der Waals surface area contributed by atoms with E-state index in [9.17, 15) is 14.7 Å². The van der Waals surface area contributed by atoms with E-state index < -0.39 is 17.7 Å². The summed E-state index contributed by atoms with van der Waals surface area (Å²) in [5, 5.41) is 20.5. The Balaban J connectivity index is 1.39. The molecule has 42 heavy (non-hydrogen) atoms. The molecule has 1 atom stereocenters. The zero-order chi connectivity index (χ0) is 29.4. The summed E-state index contributed by atoms with van der Waals surface area (Å²) in [7, 11) is 0. The molecule has 4 aromatic rings. The van der Waals surface area contributed by atoms with Crippen LogP contribution in [0.3, 0.4) is 0 Å². The molecule has 1 unspecified atom stereocenters. The van der Waals surface area contributed by atoms with Gasteiger partial charge in [-0.2, -0.15) is 0 Å². The van der Waals surface area contributed by atoms with Crippen LogP contribution in [0.2, 0.25) is 0 Å². The van der Waals surface area contributed by atoms with Crippen LogP contribution in [0.15, 0.2) is 76.6 Å². The number of anilines is 1. The van der Waals surface area contributed by atoms with Crippen LogP contribution in [0.4, 0.5) is 5.13 Å². The molecule has 6 rings (SSSR count). The van der Waals surface area contributed by atoms with Crippen molar-refractivity contribution in [3.8, 4) is 11.5 Å². The molecule has 0 saturated carbocycles. The van der Waals surface area contributed by atoms with Crippen LogP contribution in [-0.2, 0) is 15.3 Å². The van der Waals surface area contributed by atoms with E-state index in [-0.39, 0.29) is 11.3 Å². The number of fused-ring (bicyclic) bond motifs is 1. The molecule has 3 heterocycles. The Morgan fingerprint density at radius 1 is 1.00 bits per heavy atom. The predicted molar refractivity (Wildman–Crippen MR) is 163 cm³/mol. The molecular weight excluding hydrogens is 571 g/mol. The average Bonchev–Trinajstić information content (AvgIpc) is 3.58. The average molecular weight is 600 g/mol. The summed E-state index contributed by atoms with van der Waals surface area (Å²) in [6, 6.07) is 20.1. The van der Waals surface area contributed by atoms with Crippen molar-refractivity contribution < 1.29 is 24.2 Å².